The number of halogens is 2. The van der Waals surface area contributed by atoms with Crippen molar-refractivity contribution in [2.45, 2.75) is 16.0 Å². The molecule has 5 nitrogen and oxygen atoms in total. The lowest BCUT2D eigenvalue weighted by atomic mass is 10.2. The summed E-state index contributed by atoms with van der Waals surface area (Å²) in [5.41, 5.74) is 0.322. The average Bonchev–Trinajstić information content (AvgIpc) is 2.99. The lowest BCUT2D eigenvalue weighted by Crippen LogP contribution is -2.04. The zero-order chi connectivity index (χ0) is 18.9. The molecule has 0 radical (unpaired) electrons. The van der Waals surface area contributed by atoms with Crippen molar-refractivity contribution in [2.24, 2.45) is 0 Å². The molecule has 26 heavy (non-hydrogen) atoms. The van der Waals surface area contributed by atoms with Crippen LogP contribution in [0.2, 0.25) is 5.02 Å². The number of nitrogens with zero attached hydrogens (tertiary/aromatic N) is 1. The zero-order valence-electron chi connectivity index (χ0n) is 13.4. The second kappa shape index (κ2) is 7.14. The van der Waals surface area contributed by atoms with Gasteiger partial charge in [0.05, 0.1) is 9.92 Å². The standard InChI is InChI=1S/C17H12ClFN2O3S2/c1-10(22)20-17-21-15(13-8-7-11(19)9-14(13)18)16(25-17)26(23,24)12-5-3-2-4-6-12/h2-9H,1H3,(H,20,21,22). The van der Waals surface area contributed by atoms with Crippen molar-refractivity contribution in [3.8, 4) is 11.3 Å². The quantitative estimate of drug-likeness (QED) is 0.691. The van der Waals surface area contributed by atoms with Crippen molar-refractivity contribution in [1.29, 1.82) is 0 Å². The monoisotopic (exact) mass is 410 g/mol. The van der Waals surface area contributed by atoms with Gasteiger partial charge >= 0.3 is 0 Å². The van der Waals surface area contributed by atoms with Gasteiger partial charge in [0.2, 0.25) is 15.7 Å². The van der Waals surface area contributed by atoms with Gasteiger partial charge in [-0.05, 0) is 30.3 Å². The van der Waals surface area contributed by atoms with Gasteiger partial charge in [-0.2, -0.15) is 0 Å². The summed E-state index contributed by atoms with van der Waals surface area (Å²) in [7, 11) is -3.91. The molecular weight excluding hydrogens is 399 g/mol. The van der Waals surface area contributed by atoms with E-state index in [2.05, 4.69) is 10.3 Å². The Bertz CT molecular complexity index is 1080. The first-order valence-corrected chi connectivity index (χ1v) is 10.0. The Labute approximate surface area is 158 Å². The smallest absolute Gasteiger partial charge is 0.223 e. The molecule has 0 bridgehead atoms. The van der Waals surface area contributed by atoms with Crippen LogP contribution >= 0.6 is 22.9 Å². The molecular formula is C17H12ClFN2O3S2. The van der Waals surface area contributed by atoms with E-state index >= 15 is 0 Å². The van der Waals surface area contributed by atoms with E-state index in [1.165, 1.54) is 25.1 Å². The number of thiazole rings is 1. The van der Waals surface area contributed by atoms with E-state index in [9.17, 15) is 17.6 Å². The van der Waals surface area contributed by atoms with E-state index < -0.39 is 15.7 Å². The fraction of sp³-hybridized carbons (Fsp3) is 0.0588. The van der Waals surface area contributed by atoms with Crippen LogP contribution < -0.4 is 5.32 Å². The van der Waals surface area contributed by atoms with Crippen molar-refractivity contribution in [2.75, 3.05) is 5.32 Å². The number of hydrogen-bond donors (Lipinski definition) is 1. The number of sulfone groups is 1. The zero-order valence-corrected chi connectivity index (χ0v) is 15.8. The van der Waals surface area contributed by atoms with Crippen LogP contribution in [-0.2, 0) is 14.6 Å². The topological polar surface area (TPSA) is 76.1 Å². The summed E-state index contributed by atoms with van der Waals surface area (Å²) in [4.78, 5) is 15.6. The number of nitrogens with one attached hydrogen (secondary N) is 1. The van der Waals surface area contributed by atoms with Crippen LogP contribution in [0.15, 0.2) is 57.6 Å². The van der Waals surface area contributed by atoms with Crippen LogP contribution in [0.4, 0.5) is 9.52 Å². The Balaban J connectivity index is 2.24. The molecule has 0 aliphatic carbocycles. The molecule has 0 saturated heterocycles. The molecule has 2 aromatic carbocycles. The van der Waals surface area contributed by atoms with E-state index in [1.54, 1.807) is 18.2 Å². The molecule has 0 spiro atoms. The molecule has 1 aromatic heterocycles. The minimum Gasteiger partial charge on any atom is -0.302 e. The molecule has 1 heterocycles. The number of hydrogen-bond acceptors (Lipinski definition) is 5. The molecule has 0 saturated carbocycles. The average molecular weight is 411 g/mol. The molecule has 1 amide bonds. The number of carbonyl (C=O) groups is 1. The van der Waals surface area contributed by atoms with Crippen LogP contribution in [0.5, 0.6) is 0 Å². The predicted octanol–water partition coefficient (Wildman–Crippen LogP) is 4.39. The summed E-state index contributed by atoms with van der Waals surface area (Å²) < 4.78 is 39.4. The number of amides is 1. The summed E-state index contributed by atoms with van der Waals surface area (Å²) in [6, 6.07) is 11.4. The van der Waals surface area contributed by atoms with Gasteiger partial charge in [-0.15, -0.1) is 0 Å². The van der Waals surface area contributed by atoms with E-state index in [-0.39, 0.29) is 36.4 Å². The van der Waals surface area contributed by atoms with Gasteiger partial charge in [-0.1, -0.05) is 41.1 Å². The van der Waals surface area contributed by atoms with Gasteiger partial charge in [-0.25, -0.2) is 17.8 Å². The molecule has 9 heteroatoms. The van der Waals surface area contributed by atoms with Crippen molar-refractivity contribution in [3.05, 3.63) is 59.4 Å². The summed E-state index contributed by atoms with van der Waals surface area (Å²) >= 11 is 6.90. The Morgan fingerprint density at radius 1 is 1.19 bits per heavy atom. The van der Waals surface area contributed by atoms with Crippen LogP contribution in [0.1, 0.15) is 6.92 Å². The van der Waals surface area contributed by atoms with Crippen LogP contribution in [-0.4, -0.2) is 19.3 Å². The van der Waals surface area contributed by atoms with Crippen LogP contribution in [0.3, 0.4) is 0 Å². The number of aromatic nitrogens is 1. The van der Waals surface area contributed by atoms with E-state index in [0.717, 1.165) is 23.5 Å². The number of anilines is 1. The lowest BCUT2D eigenvalue weighted by molar-refractivity contribution is -0.114. The lowest BCUT2D eigenvalue weighted by Gasteiger charge is -2.06. The minimum atomic E-state index is -3.91. The summed E-state index contributed by atoms with van der Waals surface area (Å²) in [6.07, 6.45) is 0. The number of carbonyl (C=O) groups excluding carboxylic acids is 1. The summed E-state index contributed by atoms with van der Waals surface area (Å²) in [6.45, 7) is 1.29. The molecule has 0 atom stereocenters. The van der Waals surface area contributed by atoms with Gasteiger partial charge in [-0.3, -0.25) is 4.79 Å². The Kier molecular flexibility index (Phi) is 5.08. The van der Waals surface area contributed by atoms with Crippen molar-refractivity contribution >= 4 is 43.8 Å². The molecule has 3 rings (SSSR count). The minimum absolute atomic E-state index is 0.0224. The van der Waals surface area contributed by atoms with Crippen LogP contribution in [0, 0.1) is 5.82 Å². The van der Waals surface area contributed by atoms with Crippen molar-refractivity contribution < 1.29 is 17.6 Å². The maximum absolute atomic E-state index is 13.4. The SMILES string of the molecule is CC(=O)Nc1nc(-c2ccc(F)cc2Cl)c(S(=O)(=O)c2ccccc2)s1. The van der Waals surface area contributed by atoms with Gasteiger partial charge in [0.1, 0.15) is 11.5 Å². The van der Waals surface area contributed by atoms with Crippen molar-refractivity contribution in [3.63, 3.8) is 0 Å². The first kappa shape index (κ1) is 18.5. The highest BCUT2D eigenvalue weighted by Crippen LogP contribution is 2.40. The number of benzene rings is 2. The fourth-order valence-corrected chi connectivity index (χ4v) is 5.37. The highest BCUT2D eigenvalue weighted by molar-refractivity contribution is 7.93. The van der Waals surface area contributed by atoms with Gasteiger partial charge in [0, 0.05) is 12.5 Å². The normalized spacial score (nSPS) is 11.3. The van der Waals surface area contributed by atoms with E-state index in [1.807, 2.05) is 0 Å². The highest BCUT2D eigenvalue weighted by atomic mass is 35.5. The maximum atomic E-state index is 13.4. The van der Waals surface area contributed by atoms with Gasteiger partial charge < -0.3 is 5.32 Å². The Morgan fingerprint density at radius 2 is 1.88 bits per heavy atom. The molecule has 0 fully saturated rings. The second-order valence-electron chi connectivity index (χ2n) is 5.28. The molecule has 3 aromatic rings. The summed E-state index contributed by atoms with van der Waals surface area (Å²) in [5, 5.41) is 2.61. The maximum Gasteiger partial charge on any atom is 0.223 e. The second-order valence-corrected chi connectivity index (χ2v) is 8.83. The molecule has 0 aliphatic heterocycles. The first-order chi connectivity index (χ1) is 12.3. The summed E-state index contributed by atoms with van der Waals surface area (Å²) in [5.74, 6) is -0.942. The molecule has 134 valence electrons. The fourth-order valence-electron chi connectivity index (χ4n) is 2.25. The number of rotatable bonds is 4. The third-order valence-electron chi connectivity index (χ3n) is 3.36. The molecule has 0 unspecified atom stereocenters. The van der Waals surface area contributed by atoms with Crippen molar-refractivity contribution in [1.82, 2.24) is 4.98 Å². The Hall–Kier alpha value is -2.29. The largest absolute Gasteiger partial charge is 0.302 e. The van der Waals surface area contributed by atoms with Crippen LogP contribution in [0.25, 0.3) is 11.3 Å². The van der Waals surface area contributed by atoms with Gasteiger partial charge in [0.25, 0.3) is 0 Å². The molecule has 0 aliphatic rings. The highest BCUT2D eigenvalue weighted by Gasteiger charge is 2.28. The first-order valence-electron chi connectivity index (χ1n) is 7.33. The Morgan fingerprint density at radius 3 is 2.50 bits per heavy atom. The van der Waals surface area contributed by atoms with E-state index in [4.69, 9.17) is 11.6 Å². The third kappa shape index (κ3) is 3.62. The van der Waals surface area contributed by atoms with E-state index in [0.29, 0.717) is 0 Å². The predicted molar refractivity (Wildman–Crippen MR) is 98.7 cm³/mol. The van der Waals surface area contributed by atoms with Gasteiger partial charge in [0.15, 0.2) is 9.34 Å². The third-order valence-corrected chi connectivity index (χ3v) is 6.92. The molecule has 1 N–H and O–H groups in total.